The van der Waals surface area contributed by atoms with Gasteiger partial charge in [0, 0.05) is 6.54 Å². The van der Waals surface area contributed by atoms with Crippen molar-refractivity contribution in [2.24, 2.45) is 5.92 Å². The molecule has 0 amide bonds. The minimum absolute atomic E-state index is 0.706. The number of hydrogen-bond acceptors (Lipinski definition) is 1. The Hall–Kier alpha value is 0.250. The molecule has 7 heavy (non-hydrogen) atoms. The van der Waals surface area contributed by atoms with Gasteiger partial charge >= 0.3 is 0 Å². The zero-order valence-electron chi connectivity index (χ0n) is 4.87. The maximum absolute atomic E-state index is 5.23. The molecule has 0 aliphatic carbocycles. The van der Waals surface area contributed by atoms with E-state index in [1.54, 1.807) is 0 Å². The molecule has 0 aliphatic heterocycles. The van der Waals surface area contributed by atoms with Gasteiger partial charge in [-0.1, -0.05) is 20.3 Å². The van der Waals surface area contributed by atoms with Crippen LogP contribution >= 0.6 is 11.8 Å². The molecular weight excluding hydrogens is 110 g/mol. The third kappa shape index (κ3) is 4.10. The van der Waals surface area contributed by atoms with Crippen molar-refractivity contribution in [3.05, 3.63) is 0 Å². The molecule has 1 atom stereocenters. The minimum Gasteiger partial charge on any atom is -0.233 e. The van der Waals surface area contributed by atoms with Crippen LogP contribution in [0.5, 0.6) is 0 Å². The lowest BCUT2D eigenvalue weighted by atomic mass is 10.1. The molecule has 0 aromatic heterocycles. The average molecular weight is 122 g/mol. The van der Waals surface area contributed by atoms with Gasteiger partial charge in [-0.15, -0.1) is 0 Å². The molecule has 1 N–H and O–H groups in total. The summed E-state index contributed by atoms with van der Waals surface area (Å²) in [5.74, 6) is 0.706. The van der Waals surface area contributed by atoms with Crippen molar-refractivity contribution >= 4 is 11.8 Å². The fourth-order valence-corrected chi connectivity index (χ4v) is 0.539. The van der Waals surface area contributed by atoms with Gasteiger partial charge in [-0.3, -0.25) is 0 Å². The third-order valence-electron chi connectivity index (χ3n) is 1.12. The van der Waals surface area contributed by atoms with Gasteiger partial charge in [0.15, 0.2) is 0 Å². The Morgan fingerprint density at radius 2 is 2.29 bits per heavy atom. The van der Waals surface area contributed by atoms with E-state index in [1.807, 2.05) is 0 Å². The molecule has 2 heteroatoms. The zero-order valence-corrected chi connectivity index (χ0v) is 5.63. The number of nitrogens with one attached hydrogen (secondary N) is 1. The Kier molecular flexibility index (Phi) is 4.57. The van der Waals surface area contributed by atoms with Crippen LogP contribution in [0.15, 0.2) is 0 Å². The number of hydrogen-bond donors (Lipinski definition) is 1. The molecule has 0 aromatic rings. The van der Waals surface area contributed by atoms with Crippen LogP contribution < -0.4 is 4.84 Å². The SMILES string of the molecule is CCC(C)CNCl. The van der Waals surface area contributed by atoms with Gasteiger partial charge < -0.3 is 0 Å². The van der Waals surface area contributed by atoms with E-state index < -0.39 is 0 Å². The fraction of sp³-hybridized carbons (Fsp3) is 1.00. The van der Waals surface area contributed by atoms with Gasteiger partial charge in [-0.05, 0) is 17.7 Å². The molecule has 0 saturated heterocycles. The molecule has 0 bridgehead atoms. The van der Waals surface area contributed by atoms with Gasteiger partial charge in [-0.25, -0.2) is 4.84 Å². The highest BCUT2D eigenvalue weighted by molar-refractivity contribution is 6.13. The molecule has 0 spiro atoms. The lowest BCUT2D eigenvalue weighted by Crippen LogP contribution is -2.09. The van der Waals surface area contributed by atoms with Crippen molar-refractivity contribution in [2.75, 3.05) is 6.54 Å². The van der Waals surface area contributed by atoms with E-state index in [0.29, 0.717) is 5.92 Å². The summed E-state index contributed by atoms with van der Waals surface area (Å²) in [6, 6.07) is 0. The lowest BCUT2D eigenvalue weighted by Gasteiger charge is -2.02. The van der Waals surface area contributed by atoms with Crippen molar-refractivity contribution in [3.8, 4) is 0 Å². The van der Waals surface area contributed by atoms with Crippen LogP contribution in [-0.4, -0.2) is 6.54 Å². The van der Waals surface area contributed by atoms with Crippen LogP contribution in [0.25, 0.3) is 0 Å². The molecule has 0 saturated carbocycles. The highest BCUT2D eigenvalue weighted by Gasteiger charge is 1.93. The largest absolute Gasteiger partial charge is 0.233 e. The molecular formula is C5H12ClN. The van der Waals surface area contributed by atoms with Crippen LogP contribution in [0.2, 0.25) is 0 Å². The molecule has 1 nitrogen and oxygen atoms in total. The summed E-state index contributed by atoms with van der Waals surface area (Å²) in [6.45, 7) is 5.23. The fourth-order valence-electron chi connectivity index (χ4n) is 0.276. The molecule has 0 fully saturated rings. The van der Waals surface area contributed by atoms with E-state index >= 15 is 0 Å². The Bertz CT molecular complexity index is 39.1. The van der Waals surface area contributed by atoms with Crippen molar-refractivity contribution in [3.63, 3.8) is 0 Å². The van der Waals surface area contributed by atoms with E-state index in [1.165, 1.54) is 6.42 Å². The molecule has 44 valence electrons. The van der Waals surface area contributed by atoms with Gasteiger partial charge in [0.2, 0.25) is 0 Å². The third-order valence-corrected chi connectivity index (χ3v) is 1.28. The zero-order chi connectivity index (χ0) is 5.70. The van der Waals surface area contributed by atoms with Crippen LogP contribution in [-0.2, 0) is 0 Å². The highest BCUT2D eigenvalue weighted by atomic mass is 35.5. The van der Waals surface area contributed by atoms with Crippen molar-refractivity contribution in [1.29, 1.82) is 0 Å². The Balaban J connectivity index is 2.83. The van der Waals surface area contributed by atoms with Crippen LogP contribution in [0, 0.1) is 5.92 Å². The summed E-state index contributed by atoms with van der Waals surface area (Å²) < 4.78 is 0. The quantitative estimate of drug-likeness (QED) is 0.562. The van der Waals surface area contributed by atoms with Crippen LogP contribution in [0.4, 0.5) is 0 Å². The standard InChI is InChI=1S/C5H12ClN/c1-3-5(2)4-7-6/h5,7H,3-4H2,1-2H3. The first-order valence-corrected chi connectivity index (χ1v) is 3.02. The summed E-state index contributed by atoms with van der Waals surface area (Å²) in [5, 5.41) is 0. The maximum Gasteiger partial charge on any atom is 0.0133 e. The van der Waals surface area contributed by atoms with Crippen molar-refractivity contribution in [1.82, 2.24) is 4.84 Å². The second kappa shape index (κ2) is 4.41. The Morgan fingerprint density at radius 1 is 1.71 bits per heavy atom. The van der Waals surface area contributed by atoms with Gasteiger partial charge in [0.05, 0.1) is 0 Å². The highest BCUT2D eigenvalue weighted by Crippen LogP contribution is 1.96. The normalized spacial score (nSPS) is 14.1. The first-order valence-electron chi connectivity index (χ1n) is 2.64. The summed E-state index contributed by atoms with van der Waals surface area (Å²) in [5.41, 5.74) is 0. The molecule has 0 heterocycles. The molecule has 0 aromatic carbocycles. The summed E-state index contributed by atoms with van der Waals surface area (Å²) >= 11 is 5.23. The molecule has 0 rings (SSSR count). The molecule has 0 aliphatic rings. The van der Waals surface area contributed by atoms with Gasteiger partial charge in [0.1, 0.15) is 0 Å². The summed E-state index contributed by atoms with van der Waals surface area (Å²) in [6.07, 6.45) is 1.19. The van der Waals surface area contributed by atoms with E-state index in [2.05, 4.69) is 18.7 Å². The van der Waals surface area contributed by atoms with Crippen LogP contribution in [0.1, 0.15) is 20.3 Å². The Labute approximate surface area is 50.2 Å². The monoisotopic (exact) mass is 121 g/mol. The summed E-state index contributed by atoms with van der Waals surface area (Å²) in [7, 11) is 0. The minimum atomic E-state index is 0.706. The lowest BCUT2D eigenvalue weighted by molar-refractivity contribution is 0.556. The average Bonchev–Trinajstić information content (AvgIpc) is 1.68. The topological polar surface area (TPSA) is 12.0 Å². The van der Waals surface area contributed by atoms with E-state index in [0.717, 1.165) is 6.54 Å². The molecule has 1 unspecified atom stereocenters. The smallest absolute Gasteiger partial charge is 0.0133 e. The second-order valence-corrected chi connectivity index (χ2v) is 2.12. The maximum atomic E-state index is 5.23. The first kappa shape index (κ1) is 7.25. The number of halogens is 1. The predicted molar refractivity (Wildman–Crippen MR) is 33.3 cm³/mol. The van der Waals surface area contributed by atoms with E-state index in [9.17, 15) is 0 Å². The van der Waals surface area contributed by atoms with E-state index in [-0.39, 0.29) is 0 Å². The van der Waals surface area contributed by atoms with Crippen molar-refractivity contribution < 1.29 is 0 Å². The van der Waals surface area contributed by atoms with Gasteiger partial charge in [0.25, 0.3) is 0 Å². The predicted octanol–water partition coefficient (Wildman–Crippen LogP) is 1.78. The molecule has 0 radical (unpaired) electrons. The van der Waals surface area contributed by atoms with E-state index in [4.69, 9.17) is 11.8 Å². The van der Waals surface area contributed by atoms with Crippen molar-refractivity contribution in [2.45, 2.75) is 20.3 Å². The van der Waals surface area contributed by atoms with Gasteiger partial charge in [-0.2, -0.15) is 0 Å². The Morgan fingerprint density at radius 3 is 2.43 bits per heavy atom. The second-order valence-electron chi connectivity index (χ2n) is 1.85. The first-order chi connectivity index (χ1) is 3.31. The summed E-state index contributed by atoms with van der Waals surface area (Å²) in [4.78, 5) is 2.59. The number of rotatable bonds is 3. The van der Waals surface area contributed by atoms with Crippen LogP contribution in [0.3, 0.4) is 0 Å².